The van der Waals surface area contributed by atoms with Crippen LogP contribution in [-0.4, -0.2) is 35.3 Å². The molecule has 1 saturated heterocycles. The fraction of sp³-hybridized carbons (Fsp3) is 0.556. The van der Waals surface area contributed by atoms with Crippen LogP contribution in [0.25, 0.3) is 0 Å². The Labute approximate surface area is 137 Å². The first-order chi connectivity index (χ1) is 11.1. The number of amides is 2. The second-order valence-electron chi connectivity index (χ2n) is 6.62. The zero-order valence-corrected chi connectivity index (χ0v) is 13.7. The minimum absolute atomic E-state index is 0.0455. The van der Waals surface area contributed by atoms with E-state index >= 15 is 0 Å². The Morgan fingerprint density at radius 3 is 2.91 bits per heavy atom. The van der Waals surface area contributed by atoms with Crippen LogP contribution < -0.4 is 10.6 Å². The van der Waals surface area contributed by atoms with Gasteiger partial charge in [-0.1, -0.05) is 12.1 Å². The van der Waals surface area contributed by atoms with Crippen LogP contribution in [0.2, 0.25) is 0 Å². The molecule has 2 amide bonds. The van der Waals surface area contributed by atoms with Crippen molar-refractivity contribution in [2.24, 2.45) is 0 Å². The summed E-state index contributed by atoms with van der Waals surface area (Å²) in [5.41, 5.74) is 2.02. The molecule has 2 fully saturated rings. The van der Waals surface area contributed by atoms with Crippen LogP contribution in [0.15, 0.2) is 24.3 Å². The van der Waals surface area contributed by atoms with E-state index in [-0.39, 0.29) is 17.9 Å². The van der Waals surface area contributed by atoms with Crippen LogP contribution in [0.3, 0.4) is 0 Å². The van der Waals surface area contributed by atoms with Crippen molar-refractivity contribution >= 4 is 17.5 Å². The Hall–Kier alpha value is -2.04. The average Bonchev–Trinajstić information content (AvgIpc) is 3.34. The van der Waals surface area contributed by atoms with Gasteiger partial charge >= 0.3 is 0 Å². The van der Waals surface area contributed by atoms with Crippen LogP contribution >= 0.6 is 0 Å². The van der Waals surface area contributed by atoms with E-state index in [4.69, 9.17) is 0 Å². The molecule has 124 valence electrons. The normalized spacial score (nSPS) is 19.3. The topological polar surface area (TPSA) is 61.4 Å². The summed E-state index contributed by atoms with van der Waals surface area (Å²) in [5.74, 6) is 0.288. The maximum absolute atomic E-state index is 12.0. The first kappa shape index (κ1) is 15.8. The van der Waals surface area contributed by atoms with E-state index in [1.807, 2.05) is 36.1 Å². The van der Waals surface area contributed by atoms with Crippen molar-refractivity contribution in [3.8, 4) is 0 Å². The molecule has 1 saturated carbocycles. The Kier molecular flexibility index (Phi) is 4.84. The summed E-state index contributed by atoms with van der Waals surface area (Å²) < 4.78 is 0. The second-order valence-corrected chi connectivity index (χ2v) is 6.62. The SMILES string of the molecule is C[C@@H](Nc1cccc(CN2CCCCC2=O)c1)C(=O)NC1CC1. The maximum atomic E-state index is 12.0. The summed E-state index contributed by atoms with van der Waals surface area (Å²) in [6, 6.07) is 8.11. The van der Waals surface area contributed by atoms with Crippen molar-refractivity contribution in [1.82, 2.24) is 10.2 Å². The quantitative estimate of drug-likeness (QED) is 0.846. The highest BCUT2D eigenvalue weighted by molar-refractivity contribution is 5.84. The highest BCUT2D eigenvalue weighted by Crippen LogP contribution is 2.20. The van der Waals surface area contributed by atoms with Crippen molar-refractivity contribution in [2.75, 3.05) is 11.9 Å². The highest BCUT2D eigenvalue weighted by Gasteiger charge is 2.25. The Bertz CT molecular complexity index is 583. The molecular weight excluding hydrogens is 290 g/mol. The number of likely N-dealkylation sites (tertiary alicyclic amines) is 1. The number of benzene rings is 1. The van der Waals surface area contributed by atoms with Crippen molar-refractivity contribution in [3.05, 3.63) is 29.8 Å². The molecule has 1 aromatic rings. The smallest absolute Gasteiger partial charge is 0.242 e. The minimum atomic E-state index is -0.262. The Morgan fingerprint density at radius 1 is 1.35 bits per heavy atom. The number of nitrogens with one attached hydrogen (secondary N) is 2. The molecule has 5 nitrogen and oxygen atoms in total. The lowest BCUT2D eigenvalue weighted by Gasteiger charge is -2.27. The van der Waals surface area contributed by atoms with Gasteiger partial charge in [-0.3, -0.25) is 9.59 Å². The molecular formula is C18H25N3O2. The lowest BCUT2D eigenvalue weighted by atomic mass is 10.1. The van der Waals surface area contributed by atoms with Crippen molar-refractivity contribution in [2.45, 2.75) is 57.7 Å². The van der Waals surface area contributed by atoms with Gasteiger partial charge in [0.1, 0.15) is 6.04 Å². The monoisotopic (exact) mass is 315 g/mol. The number of nitrogens with zero attached hydrogens (tertiary/aromatic N) is 1. The first-order valence-electron chi connectivity index (χ1n) is 8.55. The third kappa shape index (κ3) is 4.47. The lowest BCUT2D eigenvalue weighted by molar-refractivity contribution is -0.133. The van der Waals surface area contributed by atoms with Gasteiger partial charge in [-0.15, -0.1) is 0 Å². The second kappa shape index (κ2) is 7.02. The molecule has 0 spiro atoms. The lowest BCUT2D eigenvalue weighted by Crippen LogP contribution is -2.38. The number of anilines is 1. The Morgan fingerprint density at radius 2 is 2.17 bits per heavy atom. The molecule has 2 aliphatic rings. The number of carbonyl (C=O) groups is 2. The van der Waals surface area contributed by atoms with E-state index in [9.17, 15) is 9.59 Å². The predicted molar refractivity (Wildman–Crippen MR) is 90.0 cm³/mol. The van der Waals surface area contributed by atoms with E-state index in [0.717, 1.165) is 43.5 Å². The summed E-state index contributed by atoms with van der Waals surface area (Å²) in [6.07, 6.45) is 4.94. The zero-order chi connectivity index (χ0) is 16.2. The Balaban J connectivity index is 1.57. The molecule has 3 rings (SSSR count). The largest absolute Gasteiger partial charge is 0.374 e. The highest BCUT2D eigenvalue weighted by atomic mass is 16.2. The summed E-state index contributed by atoms with van der Waals surface area (Å²) in [5, 5.41) is 6.25. The number of rotatable bonds is 6. The third-order valence-electron chi connectivity index (χ3n) is 4.42. The van der Waals surface area contributed by atoms with Crippen LogP contribution in [0.1, 0.15) is 44.6 Å². The van der Waals surface area contributed by atoms with Crippen LogP contribution in [0.4, 0.5) is 5.69 Å². The molecule has 1 atom stereocenters. The van der Waals surface area contributed by atoms with E-state index in [1.54, 1.807) is 0 Å². The molecule has 23 heavy (non-hydrogen) atoms. The molecule has 0 radical (unpaired) electrons. The molecule has 0 aromatic heterocycles. The fourth-order valence-corrected chi connectivity index (χ4v) is 2.88. The third-order valence-corrected chi connectivity index (χ3v) is 4.42. The van der Waals surface area contributed by atoms with E-state index < -0.39 is 0 Å². The summed E-state index contributed by atoms with van der Waals surface area (Å²) >= 11 is 0. The van der Waals surface area contributed by atoms with Gasteiger partial charge in [0.25, 0.3) is 0 Å². The van der Waals surface area contributed by atoms with Crippen LogP contribution in [-0.2, 0) is 16.1 Å². The van der Waals surface area contributed by atoms with Crippen molar-refractivity contribution in [3.63, 3.8) is 0 Å². The molecule has 1 aliphatic carbocycles. The number of carbonyl (C=O) groups excluding carboxylic acids is 2. The van der Waals surface area contributed by atoms with Crippen molar-refractivity contribution < 1.29 is 9.59 Å². The maximum Gasteiger partial charge on any atom is 0.242 e. The molecule has 1 heterocycles. The summed E-state index contributed by atoms with van der Waals surface area (Å²) in [7, 11) is 0. The summed E-state index contributed by atoms with van der Waals surface area (Å²) in [6.45, 7) is 3.37. The van der Waals surface area contributed by atoms with Crippen molar-refractivity contribution in [1.29, 1.82) is 0 Å². The number of piperidine rings is 1. The fourth-order valence-electron chi connectivity index (χ4n) is 2.88. The van der Waals surface area contributed by atoms with Gasteiger partial charge in [0, 0.05) is 31.2 Å². The number of hydrogen-bond donors (Lipinski definition) is 2. The molecule has 1 aromatic carbocycles. The van der Waals surface area contributed by atoms with Gasteiger partial charge in [0.15, 0.2) is 0 Å². The first-order valence-corrected chi connectivity index (χ1v) is 8.55. The van der Waals surface area contributed by atoms with Gasteiger partial charge in [-0.2, -0.15) is 0 Å². The minimum Gasteiger partial charge on any atom is -0.374 e. The van der Waals surface area contributed by atoms with Gasteiger partial charge < -0.3 is 15.5 Å². The van der Waals surface area contributed by atoms with Gasteiger partial charge in [0.2, 0.25) is 11.8 Å². The van der Waals surface area contributed by atoms with Gasteiger partial charge in [-0.05, 0) is 50.3 Å². The molecule has 1 aliphatic heterocycles. The number of hydrogen-bond acceptors (Lipinski definition) is 3. The standard InChI is InChI=1S/C18H25N3O2/c1-13(18(23)20-15-8-9-15)19-16-6-4-5-14(11-16)12-21-10-3-2-7-17(21)22/h4-6,11,13,15,19H,2-3,7-10,12H2,1H3,(H,20,23)/t13-/m1/s1. The average molecular weight is 315 g/mol. The van der Waals surface area contributed by atoms with Gasteiger partial charge in [-0.25, -0.2) is 0 Å². The van der Waals surface area contributed by atoms with E-state index in [2.05, 4.69) is 10.6 Å². The summed E-state index contributed by atoms with van der Waals surface area (Å²) in [4.78, 5) is 25.9. The van der Waals surface area contributed by atoms with Crippen LogP contribution in [0.5, 0.6) is 0 Å². The van der Waals surface area contributed by atoms with Gasteiger partial charge in [0.05, 0.1) is 0 Å². The molecule has 2 N–H and O–H groups in total. The zero-order valence-electron chi connectivity index (χ0n) is 13.7. The molecule has 0 unspecified atom stereocenters. The van der Waals surface area contributed by atoms with Crippen LogP contribution in [0, 0.1) is 0 Å². The molecule has 5 heteroatoms. The predicted octanol–water partition coefficient (Wildman–Crippen LogP) is 2.28. The molecule has 0 bridgehead atoms. The van der Waals surface area contributed by atoms with E-state index in [0.29, 0.717) is 19.0 Å². The van der Waals surface area contributed by atoms with E-state index in [1.165, 1.54) is 0 Å².